The molecule has 4 rings (SSSR count). The van der Waals surface area contributed by atoms with Crippen molar-refractivity contribution in [3.8, 4) is 0 Å². The quantitative estimate of drug-likeness (QED) is 0.217. The Hall–Kier alpha value is -3.51. The van der Waals surface area contributed by atoms with E-state index in [0.717, 1.165) is 48.2 Å². The third-order valence-corrected chi connectivity index (χ3v) is 7.85. The predicted molar refractivity (Wildman–Crippen MR) is 132 cm³/mol. The number of fused-ring (bicyclic) bond motifs is 1. The minimum Gasteiger partial charge on any atom is -0.461 e. The molecule has 3 aromatic carbocycles. The molecule has 210 valence electrons. The van der Waals surface area contributed by atoms with Gasteiger partial charge >= 0.3 is 24.3 Å². The average molecular weight is 603 g/mol. The van der Waals surface area contributed by atoms with Crippen LogP contribution < -0.4 is 0 Å². The number of carbonyl (C=O) groups is 3. The zero-order chi connectivity index (χ0) is 29.3. The Morgan fingerprint density at radius 3 is 1.75 bits per heavy atom. The molecule has 0 atom stereocenters. The summed E-state index contributed by atoms with van der Waals surface area (Å²) in [6.45, 7) is -1.40. The Morgan fingerprint density at radius 1 is 0.800 bits per heavy atom. The second kappa shape index (κ2) is 11.2. The van der Waals surface area contributed by atoms with Crippen molar-refractivity contribution in [3.63, 3.8) is 0 Å². The smallest absolute Gasteiger partial charge is 0.416 e. The van der Waals surface area contributed by atoms with E-state index in [9.17, 15) is 40.7 Å². The molecule has 1 heterocycles. The second-order valence-electron chi connectivity index (χ2n) is 8.82. The van der Waals surface area contributed by atoms with Crippen molar-refractivity contribution in [1.29, 1.82) is 0 Å². The van der Waals surface area contributed by atoms with Gasteiger partial charge in [-0.15, -0.1) is 11.8 Å². The molecule has 3 aromatic rings. The summed E-state index contributed by atoms with van der Waals surface area (Å²) in [5.41, 5.74) is -4.60. The molecule has 0 radical (unpaired) electrons. The van der Waals surface area contributed by atoms with Gasteiger partial charge in [0.05, 0.1) is 27.3 Å². The van der Waals surface area contributed by atoms with Gasteiger partial charge in [-0.2, -0.15) is 26.3 Å². The molecule has 1 aliphatic rings. The maximum absolute atomic E-state index is 13.6. The van der Waals surface area contributed by atoms with Crippen LogP contribution in [0.1, 0.15) is 42.2 Å². The van der Waals surface area contributed by atoms with Crippen molar-refractivity contribution in [1.82, 2.24) is 0 Å². The van der Waals surface area contributed by atoms with Crippen molar-refractivity contribution >= 4 is 41.1 Å². The molecule has 0 aromatic heterocycles. The number of halogens is 7. The Morgan fingerprint density at radius 2 is 1.27 bits per heavy atom. The number of rotatable bonds is 6. The van der Waals surface area contributed by atoms with Gasteiger partial charge in [-0.25, -0.2) is 9.59 Å². The maximum Gasteiger partial charge on any atom is 0.416 e. The number of Topliss-reactive ketones (excluding diaryl/α,β-unsaturated/α-hetero) is 1. The van der Waals surface area contributed by atoms with E-state index in [1.165, 1.54) is 12.1 Å². The van der Waals surface area contributed by atoms with Gasteiger partial charge in [0.15, 0.2) is 5.78 Å². The summed E-state index contributed by atoms with van der Waals surface area (Å²) in [6, 6.07) is 11.5. The minimum atomic E-state index is -4.71. The molecule has 0 bridgehead atoms. The maximum atomic E-state index is 13.6. The van der Waals surface area contributed by atoms with Crippen molar-refractivity contribution < 1.29 is 50.2 Å². The van der Waals surface area contributed by atoms with E-state index < -0.39 is 71.0 Å². The van der Waals surface area contributed by atoms with Crippen LogP contribution in [-0.4, -0.2) is 36.7 Å². The van der Waals surface area contributed by atoms with Gasteiger partial charge in [0.2, 0.25) is 0 Å². The number of benzene rings is 3. The molecule has 0 N–H and O–H groups in total. The zero-order valence-electron chi connectivity index (χ0n) is 20.1. The van der Waals surface area contributed by atoms with E-state index in [1.54, 1.807) is 6.07 Å². The van der Waals surface area contributed by atoms with E-state index in [4.69, 9.17) is 21.1 Å². The fourth-order valence-corrected chi connectivity index (χ4v) is 5.45. The lowest BCUT2D eigenvalue weighted by Gasteiger charge is -2.35. The molecule has 0 unspecified atom stereocenters. The van der Waals surface area contributed by atoms with Crippen LogP contribution in [0.3, 0.4) is 0 Å². The topological polar surface area (TPSA) is 69.7 Å². The highest BCUT2D eigenvalue weighted by Gasteiger charge is 2.46. The third-order valence-electron chi connectivity index (χ3n) is 6.00. The van der Waals surface area contributed by atoms with Gasteiger partial charge in [0.25, 0.3) is 0 Å². The van der Waals surface area contributed by atoms with Gasteiger partial charge in [0, 0.05) is 16.2 Å². The van der Waals surface area contributed by atoms with Gasteiger partial charge in [-0.05, 0) is 42.5 Å². The summed E-state index contributed by atoms with van der Waals surface area (Å²) in [4.78, 5) is 39.4. The van der Waals surface area contributed by atoms with Crippen LogP contribution in [0.4, 0.5) is 26.3 Å². The van der Waals surface area contributed by atoms with Crippen LogP contribution in [-0.2, 0) is 21.8 Å². The van der Waals surface area contributed by atoms with Crippen LogP contribution in [0.2, 0.25) is 5.02 Å². The summed E-state index contributed by atoms with van der Waals surface area (Å²) in [5.74, 6) is -3.07. The van der Waals surface area contributed by atoms with Crippen LogP contribution in [0.5, 0.6) is 0 Å². The number of alkyl halides is 6. The highest BCUT2D eigenvalue weighted by Crippen LogP contribution is 2.44. The summed E-state index contributed by atoms with van der Waals surface area (Å²) in [7, 11) is 0. The first-order valence-electron chi connectivity index (χ1n) is 11.4. The van der Waals surface area contributed by atoms with E-state index in [0.29, 0.717) is 17.0 Å². The molecule has 40 heavy (non-hydrogen) atoms. The largest absolute Gasteiger partial charge is 0.461 e. The number of hydrogen-bond donors (Lipinski definition) is 0. The number of hydrogen-bond acceptors (Lipinski definition) is 6. The molecule has 13 heteroatoms. The lowest BCUT2D eigenvalue weighted by Crippen LogP contribution is -2.46. The van der Waals surface area contributed by atoms with Crippen molar-refractivity contribution in [2.75, 3.05) is 19.0 Å². The highest BCUT2D eigenvalue weighted by atomic mass is 35.5. The number of thioether (sulfide) groups is 1. The van der Waals surface area contributed by atoms with Crippen LogP contribution in [0.25, 0.3) is 0 Å². The SMILES string of the molecule is O=C(OCC1(COC(=O)c2cccc(C(F)(F)F)c2)CSc2c(Cl)cccc2C1=O)c1cccc(C(F)(F)F)c1. The third kappa shape index (κ3) is 6.28. The van der Waals surface area contributed by atoms with Gasteiger partial charge in [-0.1, -0.05) is 35.9 Å². The molecule has 1 aliphatic heterocycles. The normalized spacial score (nSPS) is 14.8. The molecule has 0 aliphatic carbocycles. The molecular weight excluding hydrogens is 586 g/mol. The molecule has 0 spiro atoms. The van der Waals surface area contributed by atoms with Gasteiger partial charge in [-0.3, -0.25) is 4.79 Å². The molecule has 0 amide bonds. The fraction of sp³-hybridized carbons (Fsp3) is 0.222. The molecule has 0 fully saturated rings. The Kier molecular flexibility index (Phi) is 8.23. The average Bonchev–Trinajstić information content (AvgIpc) is 2.91. The Bertz CT molecular complexity index is 1400. The first kappa shape index (κ1) is 29.5. The number of ketones is 1. The van der Waals surface area contributed by atoms with Crippen LogP contribution in [0, 0.1) is 5.41 Å². The first-order valence-corrected chi connectivity index (χ1v) is 12.7. The number of esters is 2. The van der Waals surface area contributed by atoms with Crippen LogP contribution >= 0.6 is 23.4 Å². The summed E-state index contributed by atoms with van der Waals surface area (Å²) < 4.78 is 89.0. The molecule has 5 nitrogen and oxygen atoms in total. The lowest BCUT2D eigenvalue weighted by atomic mass is 9.82. The van der Waals surface area contributed by atoms with Gasteiger partial charge in [0.1, 0.15) is 18.6 Å². The van der Waals surface area contributed by atoms with Crippen molar-refractivity contribution in [2.45, 2.75) is 17.2 Å². The standard InChI is InChI=1S/C27H17ClF6O5S/c28-20-9-3-8-19-21(20)40-14-25(22(19)35,12-38-23(36)15-4-1-6-17(10-15)26(29,30)31)13-39-24(37)16-5-2-7-18(11-16)27(32,33)34/h1-11H,12-14H2. The molecular formula is C27H17ClF6O5S. The van der Waals surface area contributed by atoms with Crippen molar-refractivity contribution in [2.24, 2.45) is 5.41 Å². The highest BCUT2D eigenvalue weighted by molar-refractivity contribution is 7.99. The summed E-state index contributed by atoms with van der Waals surface area (Å²) in [6.07, 6.45) is -9.43. The van der Waals surface area contributed by atoms with E-state index >= 15 is 0 Å². The van der Waals surface area contributed by atoms with E-state index in [-0.39, 0.29) is 16.3 Å². The minimum absolute atomic E-state index is 0.117. The predicted octanol–water partition coefficient (Wildman–Crippen LogP) is 7.37. The Balaban J connectivity index is 1.59. The fourth-order valence-electron chi connectivity index (χ4n) is 3.87. The zero-order valence-corrected chi connectivity index (χ0v) is 21.6. The van der Waals surface area contributed by atoms with E-state index in [2.05, 4.69) is 0 Å². The summed E-state index contributed by atoms with van der Waals surface area (Å²) in [5, 5.41) is 0.270. The van der Waals surface area contributed by atoms with Crippen LogP contribution in [0.15, 0.2) is 71.6 Å². The van der Waals surface area contributed by atoms with Crippen molar-refractivity contribution in [3.05, 3.63) is 99.6 Å². The first-order chi connectivity index (χ1) is 18.7. The van der Waals surface area contributed by atoms with Gasteiger partial charge < -0.3 is 9.47 Å². The number of ether oxygens (including phenoxy) is 2. The monoisotopic (exact) mass is 602 g/mol. The molecule has 0 saturated heterocycles. The van der Waals surface area contributed by atoms with E-state index in [1.807, 2.05) is 0 Å². The second-order valence-corrected chi connectivity index (χ2v) is 10.2. The summed E-state index contributed by atoms with van der Waals surface area (Å²) >= 11 is 7.29. The lowest BCUT2D eigenvalue weighted by molar-refractivity contribution is -0.138. The molecule has 0 saturated carbocycles. The number of carbonyl (C=O) groups excluding carboxylic acids is 3. The Labute approximate surface area is 232 Å².